The number of rotatable bonds is 3. The highest BCUT2D eigenvalue weighted by molar-refractivity contribution is 9.10. The lowest BCUT2D eigenvalue weighted by Gasteiger charge is -2.31. The van der Waals surface area contributed by atoms with Crippen molar-refractivity contribution in [2.24, 2.45) is 5.10 Å². The Kier molecular flexibility index (Phi) is 5.28. The van der Waals surface area contributed by atoms with E-state index >= 15 is 0 Å². The molecule has 0 aliphatic carbocycles. The number of hydrazone groups is 1. The van der Waals surface area contributed by atoms with E-state index in [-0.39, 0.29) is 11.3 Å². The Bertz CT molecular complexity index is 867. The van der Waals surface area contributed by atoms with Gasteiger partial charge in [-0.25, -0.2) is 0 Å². The van der Waals surface area contributed by atoms with Gasteiger partial charge < -0.3 is 5.11 Å². The number of amides is 1. The number of carbonyl (C=O) groups is 1. The molecule has 1 amide bonds. The molecule has 0 saturated carbocycles. The molecular formula is C22H25BrN2O2. The molecule has 0 radical (unpaired) electrons. The molecule has 5 heteroatoms. The van der Waals surface area contributed by atoms with Crippen molar-refractivity contribution in [3.63, 3.8) is 0 Å². The Balaban J connectivity index is 1.97. The smallest absolute Gasteiger partial charge is 0.276 e. The summed E-state index contributed by atoms with van der Waals surface area (Å²) in [5, 5.41) is 17.1. The first-order chi connectivity index (χ1) is 12.6. The largest absolute Gasteiger partial charge is 0.365 e. The molecule has 1 N–H and O–H groups in total. The molecule has 0 bridgehead atoms. The van der Waals surface area contributed by atoms with Crippen molar-refractivity contribution in [1.29, 1.82) is 0 Å². The first kappa shape index (κ1) is 19.8. The van der Waals surface area contributed by atoms with Crippen LogP contribution in [0, 0.1) is 0 Å². The Labute approximate surface area is 169 Å². The summed E-state index contributed by atoms with van der Waals surface area (Å²) in [7, 11) is 0. The minimum atomic E-state index is -1.47. The normalized spacial score (nSPS) is 19.9. The Hall–Kier alpha value is -1.98. The lowest BCUT2D eigenvalue weighted by Crippen LogP contribution is -2.43. The number of aliphatic hydroxyl groups is 1. The van der Waals surface area contributed by atoms with Crippen LogP contribution in [0.4, 0.5) is 0 Å². The molecule has 3 rings (SSSR count). The van der Waals surface area contributed by atoms with E-state index in [2.05, 4.69) is 41.8 Å². The van der Waals surface area contributed by atoms with Gasteiger partial charge in [0.15, 0.2) is 5.72 Å². The maximum Gasteiger partial charge on any atom is 0.276 e. The van der Waals surface area contributed by atoms with E-state index in [1.807, 2.05) is 55.5 Å². The third-order valence-electron chi connectivity index (χ3n) is 4.95. The Morgan fingerprint density at radius 2 is 1.74 bits per heavy atom. The molecule has 142 valence electrons. The van der Waals surface area contributed by atoms with Crippen molar-refractivity contribution >= 4 is 27.5 Å². The molecule has 0 spiro atoms. The summed E-state index contributed by atoms with van der Waals surface area (Å²) in [4.78, 5) is 13.2. The standard InChI is InChI=1S/C22H25BrN2O2/c1-5-19-14-22(27,17-10-12-18(23)13-11-17)25(24-19)20(26)15-6-8-16(9-7-15)21(2,3)4/h6-13,27H,5,14H2,1-4H3. The van der Waals surface area contributed by atoms with Gasteiger partial charge in [0.25, 0.3) is 5.91 Å². The molecule has 1 heterocycles. The number of nitrogens with zero attached hydrogens (tertiary/aromatic N) is 2. The van der Waals surface area contributed by atoms with Crippen LogP contribution in [-0.2, 0) is 11.1 Å². The Morgan fingerprint density at radius 3 is 2.26 bits per heavy atom. The van der Waals surface area contributed by atoms with E-state index in [0.717, 1.165) is 15.7 Å². The highest BCUT2D eigenvalue weighted by atomic mass is 79.9. The fraction of sp³-hybridized carbons (Fsp3) is 0.364. The summed E-state index contributed by atoms with van der Waals surface area (Å²) in [5.41, 5.74) is 1.67. The van der Waals surface area contributed by atoms with E-state index in [1.54, 1.807) is 0 Å². The van der Waals surface area contributed by atoms with Crippen LogP contribution in [0.3, 0.4) is 0 Å². The molecule has 1 aliphatic heterocycles. The lowest BCUT2D eigenvalue weighted by molar-refractivity contribution is -0.0765. The predicted molar refractivity (Wildman–Crippen MR) is 112 cm³/mol. The fourth-order valence-corrected chi connectivity index (χ4v) is 3.47. The summed E-state index contributed by atoms with van der Waals surface area (Å²) in [6.07, 6.45) is 1.00. The van der Waals surface area contributed by atoms with Gasteiger partial charge in [-0.2, -0.15) is 10.1 Å². The van der Waals surface area contributed by atoms with Gasteiger partial charge in [-0.1, -0.05) is 67.9 Å². The minimum Gasteiger partial charge on any atom is -0.365 e. The summed E-state index contributed by atoms with van der Waals surface area (Å²) in [6, 6.07) is 14.9. The van der Waals surface area contributed by atoms with Gasteiger partial charge in [0.05, 0.1) is 0 Å². The van der Waals surface area contributed by atoms with E-state index in [4.69, 9.17) is 0 Å². The van der Waals surface area contributed by atoms with Crippen LogP contribution in [0.5, 0.6) is 0 Å². The summed E-state index contributed by atoms with van der Waals surface area (Å²) < 4.78 is 0.917. The molecule has 0 fully saturated rings. The minimum absolute atomic E-state index is 0.0148. The van der Waals surface area contributed by atoms with E-state index < -0.39 is 5.72 Å². The highest BCUT2D eigenvalue weighted by Gasteiger charge is 2.45. The maximum atomic E-state index is 13.2. The van der Waals surface area contributed by atoms with Gasteiger partial charge in [-0.15, -0.1) is 0 Å². The second kappa shape index (κ2) is 7.21. The second-order valence-electron chi connectivity index (χ2n) is 7.96. The van der Waals surface area contributed by atoms with E-state index in [0.29, 0.717) is 24.0 Å². The molecular weight excluding hydrogens is 404 g/mol. The molecule has 0 saturated heterocycles. The predicted octanol–water partition coefficient (Wildman–Crippen LogP) is 5.20. The van der Waals surface area contributed by atoms with Crippen LogP contribution in [0.1, 0.15) is 62.0 Å². The van der Waals surface area contributed by atoms with Gasteiger partial charge in [0, 0.05) is 27.7 Å². The van der Waals surface area contributed by atoms with Gasteiger partial charge >= 0.3 is 0 Å². The van der Waals surface area contributed by atoms with E-state index in [9.17, 15) is 9.90 Å². The summed E-state index contributed by atoms with van der Waals surface area (Å²) >= 11 is 3.41. The highest BCUT2D eigenvalue weighted by Crippen LogP contribution is 2.37. The number of halogens is 1. The molecule has 1 aliphatic rings. The van der Waals surface area contributed by atoms with Crippen molar-refractivity contribution in [2.75, 3.05) is 0 Å². The van der Waals surface area contributed by atoms with Gasteiger partial charge in [-0.3, -0.25) is 4.79 Å². The first-order valence-corrected chi connectivity index (χ1v) is 9.94. The van der Waals surface area contributed by atoms with Crippen molar-refractivity contribution in [3.8, 4) is 0 Å². The van der Waals surface area contributed by atoms with Crippen molar-refractivity contribution in [3.05, 3.63) is 69.7 Å². The molecule has 0 aromatic heterocycles. The summed E-state index contributed by atoms with van der Waals surface area (Å²) in [5.74, 6) is -0.302. The quantitative estimate of drug-likeness (QED) is 0.729. The monoisotopic (exact) mass is 428 g/mol. The van der Waals surface area contributed by atoms with E-state index in [1.165, 1.54) is 5.01 Å². The third kappa shape index (κ3) is 3.85. The van der Waals surface area contributed by atoms with Crippen LogP contribution in [0.25, 0.3) is 0 Å². The van der Waals surface area contributed by atoms with Crippen LogP contribution >= 0.6 is 15.9 Å². The van der Waals surface area contributed by atoms with Crippen molar-refractivity contribution < 1.29 is 9.90 Å². The zero-order chi connectivity index (χ0) is 19.8. The average Bonchev–Trinajstić information content (AvgIpc) is 2.99. The molecule has 4 nitrogen and oxygen atoms in total. The average molecular weight is 429 g/mol. The zero-order valence-corrected chi connectivity index (χ0v) is 17.7. The fourth-order valence-electron chi connectivity index (χ4n) is 3.20. The maximum absolute atomic E-state index is 13.2. The molecule has 1 unspecified atom stereocenters. The van der Waals surface area contributed by atoms with Crippen LogP contribution in [0.2, 0.25) is 0 Å². The number of hydrogen-bond donors (Lipinski definition) is 1. The Morgan fingerprint density at radius 1 is 1.15 bits per heavy atom. The van der Waals surface area contributed by atoms with Crippen LogP contribution in [0.15, 0.2) is 58.1 Å². The molecule has 27 heavy (non-hydrogen) atoms. The SMILES string of the molecule is CCC1=NN(C(=O)c2ccc(C(C)(C)C)cc2)C(O)(c2ccc(Br)cc2)C1. The molecule has 1 atom stereocenters. The number of carbonyl (C=O) groups excluding carboxylic acids is 1. The van der Waals surface area contributed by atoms with Gasteiger partial charge in [-0.05, 0) is 41.7 Å². The van der Waals surface area contributed by atoms with Gasteiger partial charge in [0.1, 0.15) is 0 Å². The molecule has 2 aromatic rings. The lowest BCUT2D eigenvalue weighted by atomic mass is 9.86. The first-order valence-electron chi connectivity index (χ1n) is 9.15. The number of benzene rings is 2. The number of hydrogen-bond acceptors (Lipinski definition) is 3. The van der Waals surface area contributed by atoms with Crippen molar-refractivity contribution in [1.82, 2.24) is 5.01 Å². The topological polar surface area (TPSA) is 52.9 Å². The van der Waals surface area contributed by atoms with Gasteiger partial charge in [0.2, 0.25) is 0 Å². The second-order valence-corrected chi connectivity index (χ2v) is 8.88. The molecule has 2 aromatic carbocycles. The van der Waals surface area contributed by atoms with Crippen LogP contribution < -0.4 is 0 Å². The summed E-state index contributed by atoms with van der Waals surface area (Å²) in [6.45, 7) is 8.38. The van der Waals surface area contributed by atoms with Crippen LogP contribution in [-0.4, -0.2) is 21.7 Å². The van der Waals surface area contributed by atoms with Crippen molar-refractivity contribution in [2.45, 2.75) is 51.7 Å². The zero-order valence-electron chi connectivity index (χ0n) is 16.2. The third-order valence-corrected chi connectivity index (χ3v) is 5.48.